The van der Waals surface area contributed by atoms with Crippen LogP contribution in [0.15, 0.2) is 24.3 Å². The standard InChI is InChI=1S/C18H25N3O3/c1-12-10-21(11-13(2)24-12)17(22)9-19-16-6-4-3-5-15(16)18(23)20-14-7-8-14/h3-6,12-14,19H,7-11H2,1-2H3,(H,20,23). The van der Waals surface area contributed by atoms with Crippen molar-refractivity contribution in [2.75, 3.05) is 25.0 Å². The molecule has 0 radical (unpaired) electrons. The van der Waals surface area contributed by atoms with E-state index in [1.165, 1.54) is 0 Å². The number of anilines is 1. The fraction of sp³-hybridized carbons (Fsp3) is 0.556. The Hall–Kier alpha value is -2.08. The van der Waals surface area contributed by atoms with Gasteiger partial charge in [0, 0.05) is 24.8 Å². The maximum Gasteiger partial charge on any atom is 0.253 e. The molecule has 2 amide bonds. The van der Waals surface area contributed by atoms with Crippen LogP contribution in [-0.2, 0) is 9.53 Å². The first-order chi connectivity index (χ1) is 11.5. The van der Waals surface area contributed by atoms with Gasteiger partial charge < -0.3 is 20.3 Å². The predicted octanol–water partition coefficient (Wildman–Crippen LogP) is 1.63. The molecule has 1 aliphatic carbocycles. The highest BCUT2D eigenvalue weighted by Crippen LogP contribution is 2.21. The van der Waals surface area contributed by atoms with Crippen LogP contribution in [0.5, 0.6) is 0 Å². The molecule has 130 valence electrons. The van der Waals surface area contributed by atoms with E-state index in [1.807, 2.05) is 36.9 Å². The molecule has 2 atom stereocenters. The van der Waals surface area contributed by atoms with Crippen LogP contribution in [0, 0.1) is 0 Å². The number of nitrogens with zero attached hydrogens (tertiary/aromatic N) is 1. The first-order valence-electron chi connectivity index (χ1n) is 8.60. The maximum absolute atomic E-state index is 12.4. The molecule has 24 heavy (non-hydrogen) atoms. The number of carbonyl (C=O) groups excluding carboxylic acids is 2. The minimum absolute atomic E-state index is 0.0226. The van der Waals surface area contributed by atoms with E-state index in [2.05, 4.69) is 10.6 Å². The van der Waals surface area contributed by atoms with Crippen molar-refractivity contribution < 1.29 is 14.3 Å². The molecule has 0 bridgehead atoms. The van der Waals surface area contributed by atoms with Gasteiger partial charge in [0.2, 0.25) is 5.91 Å². The number of hydrogen-bond donors (Lipinski definition) is 2. The average Bonchev–Trinajstić information content (AvgIpc) is 3.36. The van der Waals surface area contributed by atoms with Gasteiger partial charge in [-0.2, -0.15) is 0 Å². The number of morpholine rings is 1. The molecule has 1 saturated carbocycles. The van der Waals surface area contributed by atoms with E-state index < -0.39 is 0 Å². The number of ether oxygens (including phenoxy) is 1. The monoisotopic (exact) mass is 331 g/mol. The summed E-state index contributed by atoms with van der Waals surface area (Å²) >= 11 is 0. The number of nitrogens with one attached hydrogen (secondary N) is 2. The lowest BCUT2D eigenvalue weighted by Gasteiger charge is -2.35. The predicted molar refractivity (Wildman–Crippen MR) is 92.0 cm³/mol. The lowest BCUT2D eigenvalue weighted by molar-refractivity contribution is -0.141. The van der Waals surface area contributed by atoms with E-state index in [4.69, 9.17) is 4.74 Å². The zero-order valence-corrected chi connectivity index (χ0v) is 14.2. The Kier molecular flexibility index (Phi) is 5.04. The summed E-state index contributed by atoms with van der Waals surface area (Å²) in [5.41, 5.74) is 1.28. The normalized spacial score (nSPS) is 23.7. The molecule has 1 aromatic carbocycles. The molecule has 2 fully saturated rings. The van der Waals surface area contributed by atoms with Gasteiger partial charge in [-0.15, -0.1) is 0 Å². The second kappa shape index (κ2) is 7.21. The summed E-state index contributed by atoms with van der Waals surface area (Å²) in [5.74, 6) is -0.0592. The van der Waals surface area contributed by atoms with Crippen molar-refractivity contribution in [1.29, 1.82) is 0 Å². The Bertz CT molecular complexity index is 605. The van der Waals surface area contributed by atoms with E-state index in [1.54, 1.807) is 6.07 Å². The first-order valence-corrected chi connectivity index (χ1v) is 8.60. The molecular weight excluding hydrogens is 306 g/mol. The lowest BCUT2D eigenvalue weighted by Crippen LogP contribution is -2.49. The summed E-state index contributed by atoms with van der Waals surface area (Å²) in [6, 6.07) is 7.62. The molecule has 0 spiro atoms. The average molecular weight is 331 g/mol. The van der Waals surface area contributed by atoms with Gasteiger partial charge >= 0.3 is 0 Å². The van der Waals surface area contributed by atoms with Gasteiger partial charge in [0.25, 0.3) is 5.91 Å². The van der Waals surface area contributed by atoms with Crippen LogP contribution in [0.2, 0.25) is 0 Å². The molecule has 1 aromatic rings. The zero-order chi connectivity index (χ0) is 17.1. The van der Waals surface area contributed by atoms with E-state index >= 15 is 0 Å². The molecule has 1 heterocycles. The van der Waals surface area contributed by atoms with Gasteiger partial charge in [0.1, 0.15) is 0 Å². The Labute approximate surface area is 142 Å². The first kappa shape index (κ1) is 16.8. The number of hydrogen-bond acceptors (Lipinski definition) is 4. The molecule has 6 nitrogen and oxygen atoms in total. The van der Waals surface area contributed by atoms with Crippen LogP contribution in [-0.4, -0.2) is 54.6 Å². The summed E-state index contributed by atoms with van der Waals surface area (Å²) in [6.07, 6.45) is 2.20. The molecule has 2 unspecified atom stereocenters. The SMILES string of the molecule is CC1CN(C(=O)CNc2ccccc2C(=O)NC2CC2)CC(C)O1. The molecule has 1 aliphatic heterocycles. The summed E-state index contributed by atoms with van der Waals surface area (Å²) in [4.78, 5) is 26.5. The van der Waals surface area contributed by atoms with Gasteiger partial charge in [-0.25, -0.2) is 0 Å². The summed E-state index contributed by atoms with van der Waals surface area (Å²) in [7, 11) is 0. The Morgan fingerprint density at radius 1 is 1.17 bits per heavy atom. The van der Waals surface area contributed by atoms with Gasteiger partial charge in [0.15, 0.2) is 0 Å². The van der Waals surface area contributed by atoms with Gasteiger partial charge in [-0.1, -0.05) is 12.1 Å². The Morgan fingerprint density at radius 2 is 1.83 bits per heavy atom. The third kappa shape index (κ3) is 4.26. The molecule has 3 rings (SSSR count). The quantitative estimate of drug-likeness (QED) is 0.860. The highest BCUT2D eigenvalue weighted by molar-refractivity contribution is 6.00. The van der Waals surface area contributed by atoms with Crippen molar-refractivity contribution in [1.82, 2.24) is 10.2 Å². The van der Waals surface area contributed by atoms with Crippen LogP contribution in [0.4, 0.5) is 5.69 Å². The van der Waals surface area contributed by atoms with E-state index in [9.17, 15) is 9.59 Å². The third-order valence-corrected chi connectivity index (χ3v) is 4.29. The lowest BCUT2D eigenvalue weighted by atomic mass is 10.1. The molecule has 6 heteroatoms. The van der Waals surface area contributed by atoms with Gasteiger partial charge in [-0.05, 0) is 38.8 Å². The second-order valence-corrected chi connectivity index (χ2v) is 6.70. The van der Waals surface area contributed by atoms with E-state index in [0.717, 1.165) is 12.8 Å². The minimum atomic E-state index is -0.0818. The van der Waals surface area contributed by atoms with Crippen molar-refractivity contribution in [2.24, 2.45) is 0 Å². The largest absolute Gasteiger partial charge is 0.376 e. The number of benzene rings is 1. The summed E-state index contributed by atoms with van der Waals surface area (Å²) < 4.78 is 5.66. The zero-order valence-electron chi connectivity index (χ0n) is 14.2. The number of rotatable bonds is 5. The van der Waals surface area contributed by atoms with Crippen LogP contribution in [0.3, 0.4) is 0 Å². The fourth-order valence-corrected chi connectivity index (χ4v) is 2.99. The Balaban J connectivity index is 1.59. The molecule has 2 aliphatic rings. The van der Waals surface area contributed by atoms with Crippen molar-refractivity contribution in [3.05, 3.63) is 29.8 Å². The van der Waals surface area contributed by atoms with Crippen molar-refractivity contribution in [2.45, 2.75) is 44.9 Å². The molecule has 0 aromatic heterocycles. The second-order valence-electron chi connectivity index (χ2n) is 6.70. The molecular formula is C18H25N3O3. The summed E-state index contributed by atoms with van der Waals surface area (Å²) in [5, 5.41) is 6.10. The highest BCUT2D eigenvalue weighted by atomic mass is 16.5. The number of para-hydroxylation sites is 1. The van der Waals surface area contributed by atoms with Gasteiger partial charge in [0.05, 0.1) is 24.3 Å². The van der Waals surface area contributed by atoms with Crippen LogP contribution >= 0.6 is 0 Å². The number of carbonyl (C=O) groups is 2. The van der Waals surface area contributed by atoms with Crippen LogP contribution in [0.1, 0.15) is 37.0 Å². The van der Waals surface area contributed by atoms with Gasteiger partial charge in [-0.3, -0.25) is 9.59 Å². The third-order valence-electron chi connectivity index (χ3n) is 4.29. The fourth-order valence-electron chi connectivity index (χ4n) is 2.99. The van der Waals surface area contributed by atoms with Crippen LogP contribution < -0.4 is 10.6 Å². The smallest absolute Gasteiger partial charge is 0.253 e. The summed E-state index contributed by atoms with van der Waals surface area (Å²) in [6.45, 7) is 5.33. The topological polar surface area (TPSA) is 70.7 Å². The molecule has 1 saturated heterocycles. The van der Waals surface area contributed by atoms with Crippen molar-refractivity contribution >= 4 is 17.5 Å². The van der Waals surface area contributed by atoms with Crippen LogP contribution in [0.25, 0.3) is 0 Å². The van der Waals surface area contributed by atoms with E-state index in [0.29, 0.717) is 30.4 Å². The maximum atomic E-state index is 12.4. The van der Waals surface area contributed by atoms with Crippen molar-refractivity contribution in [3.8, 4) is 0 Å². The highest BCUT2D eigenvalue weighted by Gasteiger charge is 2.27. The van der Waals surface area contributed by atoms with E-state index in [-0.39, 0.29) is 30.6 Å². The minimum Gasteiger partial charge on any atom is -0.376 e. The van der Waals surface area contributed by atoms with Crippen molar-refractivity contribution in [3.63, 3.8) is 0 Å². The number of amides is 2. The molecule has 2 N–H and O–H groups in total. The Morgan fingerprint density at radius 3 is 2.50 bits per heavy atom.